The maximum Gasteiger partial charge on any atom is 0.222 e. The van der Waals surface area contributed by atoms with Crippen LogP contribution in [-0.2, 0) is 17.6 Å². The SMILES string of the molecule is Cc1ccccc1CCC(=O)N(C)C[C@@H]1CCCN(CCc2ccccc2F)C1. The summed E-state index contributed by atoms with van der Waals surface area (Å²) in [5.74, 6) is 0.605. The van der Waals surface area contributed by atoms with Gasteiger partial charge in [0.15, 0.2) is 0 Å². The highest BCUT2D eigenvalue weighted by atomic mass is 19.1. The van der Waals surface area contributed by atoms with Gasteiger partial charge >= 0.3 is 0 Å². The van der Waals surface area contributed by atoms with Crippen LogP contribution < -0.4 is 0 Å². The maximum absolute atomic E-state index is 13.8. The van der Waals surface area contributed by atoms with E-state index in [-0.39, 0.29) is 11.7 Å². The second-order valence-corrected chi connectivity index (χ2v) is 8.35. The number of carbonyl (C=O) groups is 1. The Kier molecular flexibility index (Phi) is 7.82. The summed E-state index contributed by atoms with van der Waals surface area (Å²) in [5.41, 5.74) is 3.30. The van der Waals surface area contributed by atoms with Gasteiger partial charge in [0.1, 0.15) is 5.82 Å². The van der Waals surface area contributed by atoms with Gasteiger partial charge in [0.05, 0.1) is 0 Å². The summed E-state index contributed by atoms with van der Waals surface area (Å²) in [4.78, 5) is 16.9. The minimum Gasteiger partial charge on any atom is -0.345 e. The fraction of sp³-hybridized carbons (Fsp3) is 0.480. The van der Waals surface area contributed by atoms with E-state index in [9.17, 15) is 9.18 Å². The van der Waals surface area contributed by atoms with Crippen molar-refractivity contribution in [3.8, 4) is 0 Å². The minimum absolute atomic E-state index is 0.111. The molecule has 0 radical (unpaired) electrons. The molecule has 1 aliphatic rings. The number of hydrogen-bond donors (Lipinski definition) is 0. The zero-order chi connectivity index (χ0) is 20.6. The number of amides is 1. The summed E-state index contributed by atoms with van der Waals surface area (Å²) >= 11 is 0. The van der Waals surface area contributed by atoms with Crippen LogP contribution in [0.25, 0.3) is 0 Å². The van der Waals surface area contributed by atoms with E-state index in [1.165, 1.54) is 17.2 Å². The number of halogens is 1. The van der Waals surface area contributed by atoms with E-state index in [4.69, 9.17) is 0 Å². The average Bonchev–Trinajstić information content (AvgIpc) is 2.72. The number of aryl methyl sites for hydroxylation is 2. The van der Waals surface area contributed by atoms with Crippen LogP contribution in [0.5, 0.6) is 0 Å². The van der Waals surface area contributed by atoms with Gasteiger partial charge in [-0.25, -0.2) is 4.39 Å². The second-order valence-electron chi connectivity index (χ2n) is 8.35. The third-order valence-corrected chi connectivity index (χ3v) is 6.09. The predicted octanol–water partition coefficient (Wildman–Crippen LogP) is 4.48. The van der Waals surface area contributed by atoms with E-state index in [0.29, 0.717) is 12.3 Å². The summed E-state index contributed by atoms with van der Waals surface area (Å²) in [5, 5.41) is 0. The smallest absolute Gasteiger partial charge is 0.222 e. The Morgan fingerprint density at radius 1 is 1.10 bits per heavy atom. The quantitative estimate of drug-likeness (QED) is 0.657. The van der Waals surface area contributed by atoms with Crippen molar-refractivity contribution >= 4 is 5.91 Å². The monoisotopic (exact) mass is 396 g/mol. The highest BCUT2D eigenvalue weighted by Gasteiger charge is 2.22. The summed E-state index contributed by atoms with van der Waals surface area (Å²) in [7, 11) is 1.93. The first-order valence-electron chi connectivity index (χ1n) is 10.8. The zero-order valence-corrected chi connectivity index (χ0v) is 17.7. The van der Waals surface area contributed by atoms with Crippen LogP contribution in [0.1, 0.15) is 36.0 Å². The standard InChI is InChI=1S/C25H33FN2O/c1-20-8-3-4-10-22(20)13-14-25(29)27(2)18-21-9-7-16-28(19-21)17-15-23-11-5-6-12-24(23)26/h3-6,8,10-12,21H,7,9,13-19H2,1-2H3/t21-/m0/s1. The van der Waals surface area contributed by atoms with Gasteiger partial charge in [-0.3, -0.25) is 4.79 Å². The van der Waals surface area contributed by atoms with Crippen LogP contribution >= 0.6 is 0 Å². The molecular formula is C25H33FN2O. The molecule has 0 unspecified atom stereocenters. The molecule has 1 aliphatic heterocycles. The molecule has 0 N–H and O–H groups in total. The highest BCUT2D eigenvalue weighted by Crippen LogP contribution is 2.19. The van der Waals surface area contributed by atoms with Crippen LogP contribution in [0, 0.1) is 18.7 Å². The van der Waals surface area contributed by atoms with E-state index >= 15 is 0 Å². The molecule has 0 saturated carbocycles. The Balaban J connectivity index is 1.43. The molecule has 1 heterocycles. The van der Waals surface area contributed by atoms with Crippen LogP contribution in [0.3, 0.4) is 0 Å². The highest BCUT2D eigenvalue weighted by molar-refractivity contribution is 5.76. The fourth-order valence-electron chi connectivity index (χ4n) is 4.30. The van der Waals surface area contributed by atoms with Crippen molar-refractivity contribution in [2.75, 3.05) is 33.2 Å². The number of hydrogen-bond acceptors (Lipinski definition) is 2. The van der Waals surface area contributed by atoms with E-state index in [1.54, 1.807) is 6.07 Å². The van der Waals surface area contributed by atoms with Crippen molar-refractivity contribution in [3.05, 3.63) is 71.0 Å². The Labute approximate surface area is 174 Å². The fourth-order valence-corrected chi connectivity index (χ4v) is 4.30. The first-order valence-corrected chi connectivity index (χ1v) is 10.8. The van der Waals surface area contributed by atoms with Gasteiger partial charge < -0.3 is 9.80 Å². The van der Waals surface area contributed by atoms with Gasteiger partial charge in [-0.1, -0.05) is 42.5 Å². The number of benzene rings is 2. The van der Waals surface area contributed by atoms with Gasteiger partial charge in [0.25, 0.3) is 0 Å². The molecule has 29 heavy (non-hydrogen) atoms. The molecule has 0 aromatic heterocycles. The molecule has 1 amide bonds. The van der Waals surface area contributed by atoms with Crippen molar-refractivity contribution < 1.29 is 9.18 Å². The molecule has 4 heteroatoms. The normalized spacial score (nSPS) is 17.3. The Bertz CT molecular complexity index is 807. The lowest BCUT2D eigenvalue weighted by Gasteiger charge is -2.34. The number of piperidine rings is 1. The van der Waals surface area contributed by atoms with E-state index < -0.39 is 0 Å². The molecular weight excluding hydrogens is 363 g/mol. The molecule has 2 aromatic carbocycles. The molecule has 1 saturated heterocycles. The number of nitrogens with zero attached hydrogens (tertiary/aromatic N) is 2. The summed E-state index contributed by atoms with van der Waals surface area (Å²) in [6.07, 6.45) is 4.41. The molecule has 1 atom stereocenters. The average molecular weight is 397 g/mol. The number of likely N-dealkylation sites (tertiary alicyclic amines) is 1. The van der Waals surface area contributed by atoms with Crippen LogP contribution in [0.15, 0.2) is 48.5 Å². The molecule has 1 fully saturated rings. The lowest BCUT2D eigenvalue weighted by atomic mass is 9.96. The molecule has 0 aliphatic carbocycles. The number of rotatable bonds is 8. The van der Waals surface area contributed by atoms with Crippen molar-refractivity contribution in [3.63, 3.8) is 0 Å². The summed E-state index contributed by atoms with van der Waals surface area (Å²) < 4.78 is 13.8. The van der Waals surface area contributed by atoms with Crippen molar-refractivity contribution in [2.45, 2.75) is 39.0 Å². The minimum atomic E-state index is -0.111. The topological polar surface area (TPSA) is 23.6 Å². The molecule has 0 bridgehead atoms. The van der Waals surface area contributed by atoms with Gasteiger partial charge in [-0.15, -0.1) is 0 Å². The van der Waals surface area contributed by atoms with Crippen LogP contribution in [0.4, 0.5) is 4.39 Å². The predicted molar refractivity (Wildman–Crippen MR) is 116 cm³/mol. The van der Waals surface area contributed by atoms with E-state index in [1.807, 2.05) is 36.2 Å². The van der Waals surface area contributed by atoms with Crippen LogP contribution in [-0.4, -0.2) is 48.9 Å². The van der Waals surface area contributed by atoms with Crippen molar-refractivity contribution in [2.24, 2.45) is 5.92 Å². The molecule has 3 nitrogen and oxygen atoms in total. The molecule has 3 rings (SSSR count). The third-order valence-electron chi connectivity index (χ3n) is 6.09. The maximum atomic E-state index is 13.8. The zero-order valence-electron chi connectivity index (χ0n) is 17.7. The lowest BCUT2D eigenvalue weighted by molar-refractivity contribution is -0.130. The summed E-state index contributed by atoms with van der Waals surface area (Å²) in [6, 6.07) is 15.3. The van der Waals surface area contributed by atoms with Gasteiger partial charge in [-0.05, 0) is 67.8 Å². The molecule has 156 valence electrons. The first-order chi connectivity index (χ1) is 14.0. The van der Waals surface area contributed by atoms with E-state index in [0.717, 1.165) is 57.4 Å². The molecule has 0 spiro atoms. The van der Waals surface area contributed by atoms with Crippen LogP contribution in [0.2, 0.25) is 0 Å². The van der Waals surface area contributed by atoms with E-state index in [2.05, 4.69) is 24.0 Å². The first kappa shape index (κ1) is 21.5. The Hall–Kier alpha value is -2.20. The lowest BCUT2D eigenvalue weighted by Crippen LogP contribution is -2.42. The molecule has 2 aromatic rings. The van der Waals surface area contributed by atoms with Crippen molar-refractivity contribution in [1.82, 2.24) is 9.80 Å². The summed E-state index contributed by atoms with van der Waals surface area (Å²) in [6.45, 7) is 5.84. The van der Waals surface area contributed by atoms with Gasteiger partial charge in [0, 0.05) is 33.1 Å². The second kappa shape index (κ2) is 10.5. The van der Waals surface area contributed by atoms with Gasteiger partial charge in [0.2, 0.25) is 5.91 Å². The Morgan fingerprint density at radius 3 is 2.59 bits per heavy atom. The van der Waals surface area contributed by atoms with Crippen molar-refractivity contribution in [1.29, 1.82) is 0 Å². The Morgan fingerprint density at radius 2 is 1.83 bits per heavy atom. The number of carbonyl (C=O) groups excluding carboxylic acids is 1. The third kappa shape index (κ3) is 6.40. The van der Waals surface area contributed by atoms with Gasteiger partial charge in [-0.2, -0.15) is 0 Å². The largest absolute Gasteiger partial charge is 0.345 e.